The number of piperazine rings is 1. The molecule has 0 atom stereocenters. The molecule has 0 saturated carbocycles. The zero-order chi connectivity index (χ0) is 21.3. The van der Waals surface area contributed by atoms with E-state index in [9.17, 15) is 17.6 Å². The Labute approximate surface area is 173 Å². The molecule has 2 rings (SSSR count). The van der Waals surface area contributed by atoms with Gasteiger partial charge in [0.25, 0.3) is 0 Å². The highest BCUT2D eigenvalue weighted by atomic mass is 32.2. The van der Waals surface area contributed by atoms with Crippen LogP contribution in [0.2, 0.25) is 0 Å². The molecule has 164 valence electrons. The van der Waals surface area contributed by atoms with Crippen molar-refractivity contribution in [2.75, 3.05) is 59.9 Å². The average Bonchev–Trinajstić information content (AvgIpc) is 2.69. The van der Waals surface area contributed by atoms with E-state index in [-0.39, 0.29) is 23.8 Å². The first kappa shape index (κ1) is 23.7. The predicted molar refractivity (Wildman–Crippen MR) is 112 cm³/mol. The van der Waals surface area contributed by atoms with E-state index < -0.39 is 15.8 Å². The minimum absolute atomic E-state index is 0.0474. The van der Waals surface area contributed by atoms with Crippen molar-refractivity contribution in [1.82, 2.24) is 19.4 Å². The number of hydrogen-bond donors (Lipinski definition) is 1. The topological polar surface area (TPSA) is 73.0 Å². The third kappa shape index (κ3) is 8.00. The van der Waals surface area contributed by atoms with E-state index >= 15 is 0 Å². The van der Waals surface area contributed by atoms with Gasteiger partial charge in [-0.1, -0.05) is 0 Å². The summed E-state index contributed by atoms with van der Waals surface area (Å²) < 4.78 is 39.0. The minimum atomic E-state index is -3.66. The molecule has 1 aromatic carbocycles. The van der Waals surface area contributed by atoms with Gasteiger partial charge in [-0.3, -0.25) is 4.79 Å². The predicted octanol–water partition coefficient (Wildman–Crippen LogP) is 1.37. The van der Waals surface area contributed by atoms with Gasteiger partial charge < -0.3 is 15.1 Å². The maximum atomic E-state index is 13.0. The second-order valence-electron chi connectivity index (χ2n) is 7.59. The summed E-state index contributed by atoms with van der Waals surface area (Å²) in [6.07, 6.45) is 2.71. The van der Waals surface area contributed by atoms with Crippen LogP contribution in [-0.2, 0) is 14.8 Å². The molecule has 1 N–H and O–H groups in total. The van der Waals surface area contributed by atoms with E-state index in [1.54, 1.807) is 0 Å². The van der Waals surface area contributed by atoms with Gasteiger partial charge in [-0.05, 0) is 57.1 Å². The molecular weight excluding hydrogens is 395 g/mol. The fraction of sp³-hybridized carbons (Fsp3) is 0.650. The molecule has 0 spiro atoms. The van der Waals surface area contributed by atoms with Gasteiger partial charge in [0.15, 0.2) is 0 Å². The zero-order valence-electron chi connectivity index (χ0n) is 17.4. The van der Waals surface area contributed by atoms with Crippen LogP contribution >= 0.6 is 0 Å². The molecule has 29 heavy (non-hydrogen) atoms. The number of unbranched alkanes of at least 4 members (excludes halogenated alkanes) is 1. The fourth-order valence-corrected chi connectivity index (χ4v) is 4.43. The van der Waals surface area contributed by atoms with E-state index in [1.165, 1.54) is 23.5 Å². The Morgan fingerprint density at radius 2 is 1.76 bits per heavy atom. The van der Waals surface area contributed by atoms with Gasteiger partial charge >= 0.3 is 0 Å². The Bertz CT molecular complexity index is 735. The molecule has 0 unspecified atom stereocenters. The molecule has 7 nitrogen and oxygen atoms in total. The molecule has 1 saturated heterocycles. The van der Waals surface area contributed by atoms with E-state index in [1.807, 2.05) is 0 Å². The minimum Gasteiger partial charge on any atom is -0.356 e. The van der Waals surface area contributed by atoms with Crippen LogP contribution in [0.25, 0.3) is 0 Å². The Morgan fingerprint density at radius 1 is 1.10 bits per heavy atom. The molecule has 1 aromatic rings. The number of nitrogens with one attached hydrogen (secondary N) is 1. The molecule has 0 radical (unpaired) electrons. The standard InChI is InChI=1S/C20H33FN4O3S/c1-23-14-16-25(17-15-23)13-4-3-11-22-20(26)6-5-12-24(2)29(27,28)19-9-7-18(21)8-10-19/h7-10H,3-6,11-17H2,1-2H3,(H,22,26). The molecule has 0 aliphatic carbocycles. The second-order valence-corrected chi connectivity index (χ2v) is 9.63. The lowest BCUT2D eigenvalue weighted by atomic mass is 10.2. The summed E-state index contributed by atoms with van der Waals surface area (Å²) in [5.41, 5.74) is 0. The fourth-order valence-electron chi connectivity index (χ4n) is 3.22. The third-order valence-electron chi connectivity index (χ3n) is 5.22. The monoisotopic (exact) mass is 428 g/mol. The summed E-state index contributed by atoms with van der Waals surface area (Å²) >= 11 is 0. The normalized spacial score (nSPS) is 16.3. The van der Waals surface area contributed by atoms with Crippen molar-refractivity contribution in [2.24, 2.45) is 0 Å². The molecule has 1 fully saturated rings. The number of rotatable bonds is 11. The van der Waals surface area contributed by atoms with Crippen LogP contribution < -0.4 is 5.32 Å². The van der Waals surface area contributed by atoms with Crippen LogP contribution in [0, 0.1) is 5.82 Å². The van der Waals surface area contributed by atoms with Gasteiger partial charge in [-0.15, -0.1) is 0 Å². The van der Waals surface area contributed by atoms with Crippen molar-refractivity contribution < 1.29 is 17.6 Å². The van der Waals surface area contributed by atoms with Crippen molar-refractivity contribution in [3.05, 3.63) is 30.1 Å². The maximum Gasteiger partial charge on any atom is 0.242 e. The van der Waals surface area contributed by atoms with Crippen molar-refractivity contribution in [3.8, 4) is 0 Å². The quantitative estimate of drug-likeness (QED) is 0.539. The van der Waals surface area contributed by atoms with Crippen LogP contribution in [0.1, 0.15) is 25.7 Å². The summed E-state index contributed by atoms with van der Waals surface area (Å²) in [5.74, 6) is -0.538. The number of carbonyl (C=O) groups is 1. The van der Waals surface area contributed by atoms with Crippen LogP contribution in [0.5, 0.6) is 0 Å². The lowest BCUT2D eigenvalue weighted by Gasteiger charge is -2.32. The number of sulfonamides is 1. The van der Waals surface area contributed by atoms with Gasteiger partial charge in [0.1, 0.15) is 5.82 Å². The molecule has 9 heteroatoms. The van der Waals surface area contributed by atoms with Crippen LogP contribution in [0.3, 0.4) is 0 Å². The maximum absolute atomic E-state index is 13.0. The van der Waals surface area contributed by atoms with Crippen molar-refractivity contribution in [1.29, 1.82) is 0 Å². The van der Waals surface area contributed by atoms with Gasteiger partial charge in [0.05, 0.1) is 4.90 Å². The van der Waals surface area contributed by atoms with Crippen molar-refractivity contribution in [3.63, 3.8) is 0 Å². The first-order valence-electron chi connectivity index (χ1n) is 10.2. The number of halogens is 1. The number of benzene rings is 1. The molecule has 1 heterocycles. The number of hydrogen-bond acceptors (Lipinski definition) is 5. The highest BCUT2D eigenvalue weighted by molar-refractivity contribution is 7.89. The summed E-state index contributed by atoms with van der Waals surface area (Å²) in [7, 11) is -0.0560. The SMILES string of the molecule is CN1CCN(CCCCNC(=O)CCCN(C)S(=O)(=O)c2ccc(F)cc2)CC1. The molecular formula is C20H33FN4O3S. The average molecular weight is 429 g/mol. The molecule has 1 aliphatic heterocycles. The van der Waals surface area contributed by atoms with Gasteiger partial charge in [-0.2, -0.15) is 0 Å². The van der Waals surface area contributed by atoms with Crippen LogP contribution in [0.4, 0.5) is 4.39 Å². The Hall–Kier alpha value is -1.55. The van der Waals surface area contributed by atoms with Gasteiger partial charge in [0.2, 0.25) is 15.9 Å². The van der Waals surface area contributed by atoms with Crippen LogP contribution in [0.15, 0.2) is 29.2 Å². The third-order valence-corrected chi connectivity index (χ3v) is 7.09. The lowest BCUT2D eigenvalue weighted by Crippen LogP contribution is -2.44. The highest BCUT2D eigenvalue weighted by Crippen LogP contribution is 2.15. The molecule has 1 amide bonds. The van der Waals surface area contributed by atoms with E-state index in [0.717, 1.165) is 57.7 Å². The zero-order valence-corrected chi connectivity index (χ0v) is 18.3. The van der Waals surface area contributed by atoms with Crippen molar-refractivity contribution in [2.45, 2.75) is 30.6 Å². The Balaban J connectivity index is 1.57. The summed E-state index contributed by atoms with van der Waals surface area (Å²) in [5, 5.41) is 2.90. The van der Waals surface area contributed by atoms with Gasteiger partial charge in [0, 0.05) is 52.7 Å². The molecule has 0 aromatic heterocycles. The van der Waals surface area contributed by atoms with E-state index in [2.05, 4.69) is 22.2 Å². The first-order valence-corrected chi connectivity index (χ1v) is 11.6. The summed E-state index contributed by atoms with van der Waals surface area (Å²) in [6, 6.07) is 4.74. The summed E-state index contributed by atoms with van der Waals surface area (Å²) in [4.78, 5) is 16.8. The smallest absolute Gasteiger partial charge is 0.242 e. The van der Waals surface area contributed by atoms with Crippen molar-refractivity contribution >= 4 is 15.9 Å². The highest BCUT2D eigenvalue weighted by Gasteiger charge is 2.20. The molecule has 1 aliphatic rings. The lowest BCUT2D eigenvalue weighted by molar-refractivity contribution is -0.121. The number of amides is 1. The number of nitrogens with zero attached hydrogens (tertiary/aromatic N) is 3. The van der Waals surface area contributed by atoms with E-state index in [0.29, 0.717) is 13.0 Å². The Kier molecular flexibility index (Phi) is 9.48. The number of carbonyl (C=O) groups excluding carboxylic acids is 1. The number of likely N-dealkylation sites (N-methyl/N-ethyl adjacent to an activating group) is 1. The van der Waals surface area contributed by atoms with Gasteiger partial charge in [-0.25, -0.2) is 17.1 Å². The van der Waals surface area contributed by atoms with E-state index in [4.69, 9.17) is 0 Å². The first-order chi connectivity index (χ1) is 13.8. The Morgan fingerprint density at radius 3 is 2.41 bits per heavy atom. The summed E-state index contributed by atoms with van der Waals surface area (Å²) in [6.45, 7) is 6.39. The largest absolute Gasteiger partial charge is 0.356 e. The second kappa shape index (κ2) is 11.6. The molecule has 0 bridgehead atoms. The van der Waals surface area contributed by atoms with Crippen LogP contribution in [-0.4, -0.2) is 88.3 Å².